The number of oxime groups is 1. The molecule has 2 aliphatic rings. The second-order valence-electron chi connectivity index (χ2n) is 14.6. The lowest BCUT2D eigenvalue weighted by Gasteiger charge is -2.39. The van der Waals surface area contributed by atoms with E-state index in [1.165, 1.54) is 6.92 Å². The molecule has 1 fully saturated rings. The number of morpholine rings is 1. The van der Waals surface area contributed by atoms with Gasteiger partial charge in [0.05, 0.1) is 38.2 Å². The van der Waals surface area contributed by atoms with Crippen molar-refractivity contribution in [3.8, 4) is 11.1 Å². The molecule has 2 atom stereocenters. The van der Waals surface area contributed by atoms with Gasteiger partial charge in [0.2, 0.25) is 11.6 Å². The minimum absolute atomic E-state index is 0.0704. The number of nitrogens with zero attached hydrogens (tertiary/aromatic N) is 3. The highest BCUT2D eigenvalue weighted by Crippen LogP contribution is 2.49. The number of esters is 2. The summed E-state index contributed by atoms with van der Waals surface area (Å²) in [6.07, 6.45) is 3.07. The minimum Gasteiger partial charge on any atom is -0.462 e. The molecule has 1 saturated heterocycles. The summed E-state index contributed by atoms with van der Waals surface area (Å²) in [4.78, 5) is 99.2. The number of fused-ring (bicyclic) bond motifs is 3. The predicted octanol–water partition coefficient (Wildman–Crippen LogP) is 5.69. The second kappa shape index (κ2) is 20.0. The predicted molar refractivity (Wildman–Crippen MR) is 222 cm³/mol. The molecule has 0 saturated carbocycles. The monoisotopic (exact) mass is 817 g/mol. The maximum atomic E-state index is 14.2. The standard InChI is InChI=1S/C46H47N3O11/c1-7-41(53)58-21-17-38(28(3)50)47-27-40(52)32-13-15-34-36(25-32)37-26-33(45(56)46(5,6)49-19-23-57-24-20-49)14-16-35(37)43(34)30-9-11-31(12-10-30)44(55)39(48-60-29(4)51)18-22-59-42(54)8-2/h7-16,25-27,38,43H,1-2,17-24H2,3-6H3/b47-27?,48-39+. The molecule has 1 aliphatic heterocycles. The van der Waals surface area contributed by atoms with Crippen LogP contribution in [0.15, 0.2) is 96.1 Å². The fraction of sp³-hybridized carbons (Fsp3) is 0.326. The van der Waals surface area contributed by atoms with Crippen LogP contribution in [0.4, 0.5) is 0 Å². The van der Waals surface area contributed by atoms with Gasteiger partial charge in [-0.3, -0.25) is 29.1 Å². The first-order valence-electron chi connectivity index (χ1n) is 19.4. The molecule has 0 aromatic heterocycles. The summed E-state index contributed by atoms with van der Waals surface area (Å²) in [5.41, 5.74) is 4.08. The first kappa shape index (κ1) is 44.6. The molecular formula is C46H47N3O11. The van der Waals surface area contributed by atoms with E-state index in [2.05, 4.69) is 28.2 Å². The van der Waals surface area contributed by atoms with Crippen molar-refractivity contribution in [3.05, 3.63) is 119 Å². The summed E-state index contributed by atoms with van der Waals surface area (Å²) in [5.74, 6) is -3.76. The number of hydrogen-bond acceptors (Lipinski definition) is 14. The number of aliphatic imine (C=N–C) groups is 1. The minimum atomic E-state index is -0.900. The second-order valence-corrected chi connectivity index (χ2v) is 14.6. The summed E-state index contributed by atoms with van der Waals surface area (Å²) in [7, 11) is 0. The van der Waals surface area contributed by atoms with Crippen LogP contribution in [0.3, 0.4) is 0 Å². The van der Waals surface area contributed by atoms with Crippen molar-refractivity contribution >= 4 is 53.0 Å². The maximum Gasteiger partial charge on any atom is 0.331 e. The summed E-state index contributed by atoms with van der Waals surface area (Å²) in [6.45, 7) is 15.0. The van der Waals surface area contributed by atoms with Crippen LogP contribution in [0.5, 0.6) is 0 Å². The highest BCUT2D eigenvalue weighted by Gasteiger charge is 2.38. The number of hydrogen-bond donors (Lipinski definition) is 0. The zero-order valence-corrected chi connectivity index (χ0v) is 34.1. The summed E-state index contributed by atoms with van der Waals surface area (Å²) in [6, 6.07) is 16.7. The Bertz CT molecular complexity index is 2270. The van der Waals surface area contributed by atoms with Crippen molar-refractivity contribution < 1.29 is 52.6 Å². The van der Waals surface area contributed by atoms with Crippen molar-refractivity contribution in [2.45, 2.75) is 58.0 Å². The number of benzene rings is 3. The van der Waals surface area contributed by atoms with E-state index in [9.17, 15) is 33.6 Å². The average Bonchev–Trinajstić information content (AvgIpc) is 3.58. The van der Waals surface area contributed by atoms with E-state index >= 15 is 0 Å². The van der Waals surface area contributed by atoms with Gasteiger partial charge in [0.1, 0.15) is 11.8 Å². The normalized spacial score (nSPS) is 15.6. The van der Waals surface area contributed by atoms with Gasteiger partial charge in [-0.1, -0.05) is 66.8 Å². The number of carbonyl (C=O) groups is 7. The lowest BCUT2D eigenvalue weighted by molar-refractivity contribution is -0.141. The molecule has 14 heteroatoms. The molecule has 0 radical (unpaired) electrons. The third kappa shape index (κ3) is 10.6. The van der Waals surface area contributed by atoms with Gasteiger partial charge in [-0.15, -0.1) is 0 Å². The van der Waals surface area contributed by atoms with E-state index in [0.717, 1.165) is 53.1 Å². The summed E-state index contributed by atoms with van der Waals surface area (Å²) >= 11 is 0. The molecule has 0 amide bonds. The van der Waals surface area contributed by atoms with Gasteiger partial charge in [-0.2, -0.15) is 0 Å². The van der Waals surface area contributed by atoms with Gasteiger partial charge in [0.25, 0.3) is 0 Å². The van der Waals surface area contributed by atoms with Crippen LogP contribution in [0.2, 0.25) is 0 Å². The number of carbonyl (C=O) groups excluding carboxylic acids is 7. The quantitative estimate of drug-likeness (QED) is 0.0282. The van der Waals surface area contributed by atoms with E-state index in [0.29, 0.717) is 37.4 Å². The number of rotatable bonds is 19. The first-order valence-corrected chi connectivity index (χ1v) is 19.4. The molecule has 5 rings (SSSR count). The lowest BCUT2D eigenvalue weighted by atomic mass is 9.86. The van der Waals surface area contributed by atoms with Gasteiger partial charge in [-0.05, 0) is 60.7 Å². The fourth-order valence-electron chi connectivity index (χ4n) is 7.09. The first-order chi connectivity index (χ1) is 28.7. The van der Waals surface area contributed by atoms with Gasteiger partial charge < -0.3 is 19.0 Å². The van der Waals surface area contributed by atoms with E-state index in [4.69, 9.17) is 19.0 Å². The van der Waals surface area contributed by atoms with Crippen molar-refractivity contribution in [1.82, 2.24) is 4.90 Å². The Morgan fingerprint density at radius 1 is 0.817 bits per heavy atom. The molecule has 0 bridgehead atoms. The Hall–Kier alpha value is -6.51. The molecule has 3 aromatic carbocycles. The summed E-state index contributed by atoms with van der Waals surface area (Å²) < 4.78 is 15.5. The molecule has 0 N–H and O–H groups in total. The Labute approximate surface area is 347 Å². The van der Waals surface area contributed by atoms with Gasteiger partial charge in [0.15, 0.2) is 11.6 Å². The Kier molecular flexibility index (Phi) is 14.8. The number of ether oxygens (including phenoxy) is 3. The SMILES string of the molecule is C=CC(=O)OCC/C(=N\OC(C)=O)C(=O)c1ccc(C2c3ccc(C(=O)C=NC(CCOC(=O)C=C)C(C)=O)cc3-c3cc(C(=O)C(C)(C)N4CCOCC4)ccc32)cc1. The fourth-order valence-corrected chi connectivity index (χ4v) is 7.09. The molecule has 14 nitrogen and oxygen atoms in total. The highest BCUT2D eigenvalue weighted by atomic mass is 16.7. The Morgan fingerprint density at radius 2 is 1.38 bits per heavy atom. The highest BCUT2D eigenvalue weighted by molar-refractivity contribution is 6.46. The third-order valence-electron chi connectivity index (χ3n) is 10.4. The van der Waals surface area contributed by atoms with Crippen LogP contribution in [0, 0.1) is 0 Å². The molecule has 60 heavy (non-hydrogen) atoms. The van der Waals surface area contributed by atoms with Gasteiger partial charge in [-0.25, -0.2) is 14.4 Å². The molecule has 2 unspecified atom stereocenters. The van der Waals surface area contributed by atoms with Crippen molar-refractivity contribution in [1.29, 1.82) is 0 Å². The van der Waals surface area contributed by atoms with Gasteiger partial charge >= 0.3 is 17.9 Å². The average molecular weight is 818 g/mol. The summed E-state index contributed by atoms with van der Waals surface area (Å²) in [5, 5.41) is 3.72. The van der Waals surface area contributed by atoms with E-state index < -0.39 is 41.1 Å². The molecule has 1 aliphatic carbocycles. The van der Waals surface area contributed by atoms with E-state index in [1.807, 2.05) is 38.1 Å². The van der Waals surface area contributed by atoms with E-state index in [-0.39, 0.29) is 54.8 Å². The van der Waals surface area contributed by atoms with Crippen LogP contribution in [0.1, 0.15) is 94.2 Å². The largest absolute Gasteiger partial charge is 0.462 e. The van der Waals surface area contributed by atoms with Crippen molar-refractivity contribution in [2.75, 3.05) is 39.5 Å². The molecule has 0 spiro atoms. The maximum absolute atomic E-state index is 14.2. The Balaban J connectivity index is 1.50. The molecule has 1 heterocycles. The van der Waals surface area contributed by atoms with Crippen molar-refractivity contribution in [2.24, 2.45) is 10.1 Å². The number of Topliss-reactive ketones (excluding diaryl/α,β-unsaturated/α-hetero) is 4. The topological polar surface area (TPSA) is 184 Å². The van der Waals surface area contributed by atoms with E-state index in [1.54, 1.807) is 36.4 Å². The molecule has 312 valence electrons. The van der Waals surface area contributed by atoms with Crippen LogP contribution < -0.4 is 0 Å². The lowest BCUT2D eigenvalue weighted by Crippen LogP contribution is -2.54. The zero-order valence-electron chi connectivity index (χ0n) is 34.1. The zero-order chi connectivity index (χ0) is 43.6. The van der Waals surface area contributed by atoms with Crippen LogP contribution >= 0.6 is 0 Å². The molecule has 3 aromatic rings. The molecular weight excluding hydrogens is 771 g/mol. The van der Waals surface area contributed by atoms with Gasteiger partial charge in [0, 0.05) is 67.6 Å². The third-order valence-corrected chi connectivity index (χ3v) is 10.4. The Morgan fingerprint density at radius 3 is 1.97 bits per heavy atom. The smallest absolute Gasteiger partial charge is 0.331 e. The van der Waals surface area contributed by atoms with Crippen molar-refractivity contribution in [3.63, 3.8) is 0 Å². The van der Waals surface area contributed by atoms with Crippen LogP contribution in [0.25, 0.3) is 11.1 Å². The van der Waals surface area contributed by atoms with Crippen LogP contribution in [-0.2, 0) is 38.2 Å². The number of ketones is 4. The van der Waals surface area contributed by atoms with Crippen LogP contribution in [-0.4, -0.2) is 109 Å².